The second kappa shape index (κ2) is 7.34. The highest BCUT2D eigenvalue weighted by molar-refractivity contribution is 5.89. The highest BCUT2D eigenvalue weighted by atomic mass is 16.5. The number of aromatic nitrogens is 1. The summed E-state index contributed by atoms with van der Waals surface area (Å²) in [6.45, 7) is 6.15. The van der Waals surface area contributed by atoms with Crippen molar-refractivity contribution in [2.24, 2.45) is 0 Å². The van der Waals surface area contributed by atoms with Crippen LogP contribution < -0.4 is 10.1 Å². The minimum Gasteiger partial charge on any atom is -0.488 e. The SMILES string of the molecule is CC(C)[NH2+]CCc1c[nH]c2cccc(OCc3ccccc3)c12. The van der Waals surface area contributed by atoms with Gasteiger partial charge in [-0.05, 0) is 37.1 Å². The second-order valence-corrected chi connectivity index (χ2v) is 6.29. The van der Waals surface area contributed by atoms with Crippen molar-refractivity contribution < 1.29 is 10.1 Å². The van der Waals surface area contributed by atoms with Gasteiger partial charge in [-0.3, -0.25) is 0 Å². The molecule has 0 aliphatic carbocycles. The van der Waals surface area contributed by atoms with Gasteiger partial charge >= 0.3 is 0 Å². The number of benzene rings is 2. The molecule has 0 saturated carbocycles. The number of fused-ring (bicyclic) bond motifs is 1. The van der Waals surface area contributed by atoms with Crippen molar-refractivity contribution in [1.29, 1.82) is 0 Å². The van der Waals surface area contributed by atoms with Gasteiger partial charge < -0.3 is 15.0 Å². The smallest absolute Gasteiger partial charge is 0.129 e. The van der Waals surface area contributed by atoms with Crippen LogP contribution in [-0.4, -0.2) is 17.6 Å². The van der Waals surface area contributed by atoms with E-state index in [-0.39, 0.29) is 0 Å². The number of H-pyrrole nitrogens is 1. The molecule has 0 radical (unpaired) electrons. The van der Waals surface area contributed by atoms with Crippen LogP contribution >= 0.6 is 0 Å². The Hall–Kier alpha value is -2.26. The molecule has 0 fully saturated rings. The maximum atomic E-state index is 6.10. The van der Waals surface area contributed by atoms with Gasteiger partial charge in [0.2, 0.25) is 0 Å². The lowest BCUT2D eigenvalue weighted by molar-refractivity contribution is -0.682. The van der Waals surface area contributed by atoms with Crippen LogP contribution in [-0.2, 0) is 13.0 Å². The predicted molar refractivity (Wildman–Crippen MR) is 94.7 cm³/mol. The Morgan fingerprint density at radius 1 is 1.04 bits per heavy atom. The normalized spacial score (nSPS) is 11.3. The summed E-state index contributed by atoms with van der Waals surface area (Å²) in [6, 6.07) is 17.2. The van der Waals surface area contributed by atoms with Crippen molar-refractivity contribution in [1.82, 2.24) is 4.98 Å². The number of nitrogens with one attached hydrogen (secondary N) is 1. The fourth-order valence-corrected chi connectivity index (χ4v) is 2.84. The number of quaternary nitrogens is 1. The first-order chi connectivity index (χ1) is 11.2. The fraction of sp³-hybridized carbons (Fsp3) is 0.300. The van der Waals surface area contributed by atoms with Gasteiger partial charge in [0.15, 0.2) is 0 Å². The first-order valence-electron chi connectivity index (χ1n) is 8.33. The molecule has 2 aromatic carbocycles. The fourth-order valence-electron chi connectivity index (χ4n) is 2.84. The third-order valence-corrected chi connectivity index (χ3v) is 4.04. The number of ether oxygens (including phenoxy) is 1. The van der Waals surface area contributed by atoms with E-state index < -0.39 is 0 Å². The minimum atomic E-state index is 0.600. The van der Waals surface area contributed by atoms with Crippen molar-refractivity contribution in [2.45, 2.75) is 32.9 Å². The molecule has 120 valence electrons. The molecule has 1 heterocycles. The molecular weight excluding hydrogens is 284 g/mol. The molecule has 0 atom stereocenters. The van der Waals surface area contributed by atoms with E-state index in [0.29, 0.717) is 12.6 Å². The van der Waals surface area contributed by atoms with E-state index in [1.165, 1.54) is 16.5 Å². The third-order valence-electron chi connectivity index (χ3n) is 4.04. The molecule has 23 heavy (non-hydrogen) atoms. The molecule has 0 bridgehead atoms. The van der Waals surface area contributed by atoms with Gasteiger partial charge in [-0.2, -0.15) is 0 Å². The first-order valence-corrected chi connectivity index (χ1v) is 8.33. The van der Waals surface area contributed by atoms with Crippen molar-refractivity contribution in [3.63, 3.8) is 0 Å². The summed E-state index contributed by atoms with van der Waals surface area (Å²) in [7, 11) is 0. The zero-order chi connectivity index (χ0) is 16.1. The Kier molecular flexibility index (Phi) is 4.99. The van der Waals surface area contributed by atoms with Gasteiger partial charge in [-0.25, -0.2) is 0 Å². The van der Waals surface area contributed by atoms with Gasteiger partial charge in [0, 0.05) is 23.5 Å². The molecule has 3 aromatic rings. The molecule has 0 aliphatic heterocycles. The van der Waals surface area contributed by atoms with Gasteiger partial charge in [-0.1, -0.05) is 36.4 Å². The van der Waals surface area contributed by atoms with E-state index in [1.54, 1.807) is 0 Å². The van der Waals surface area contributed by atoms with Crippen LogP contribution in [0.1, 0.15) is 25.0 Å². The summed E-state index contributed by atoms with van der Waals surface area (Å²) in [5, 5.41) is 3.59. The Morgan fingerprint density at radius 3 is 2.65 bits per heavy atom. The topological polar surface area (TPSA) is 41.6 Å². The molecule has 0 amide bonds. The van der Waals surface area contributed by atoms with Crippen LogP contribution in [0.3, 0.4) is 0 Å². The average molecular weight is 309 g/mol. The van der Waals surface area contributed by atoms with E-state index in [4.69, 9.17) is 4.74 Å². The summed E-state index contributed by atoms with van der Waals surface area (Å²) < 4.78 is 6.10. The predicted octanol–water partition coefficient (Wildman–Crippen LogP) is 3.26. The van der Waals surface area contributed by atoms with Crippen LogP contribution in [0, 0.1) is 0 Å². The zero-order valence-corrected chi connectivity index (χ0v) is 13.9. The Labute approximate surface area is 137 Å². The summed E-state index contributed by atoms with van der Waals surface area (Å²) in [5.41, 5.74) is 3.67. The molecule has 3 rings (SSSR count). The number of hydrogen-bond donors (Lipinski definition) is 2. The number of nitrogens with two attached hydrogens (primary N) is 1. The molecule has 0 spiro atoms. The molecule has 3 heteroatoms. The highest BCUT2D eigenvalue weighted by Gasteiger charge is 2.10. The van der Waals surface area contributed by atoms with E-state index in [9.17, 15) is 0 Å². The molecular formula is C20H25N2O+. The molecule has 0 unspecified atom stereocenters. The first kappa shape index (κ1) is 15.6. The van der Waals surface area contributed by atoms with Crippen molar-refractivity contribution >= 4 is 10.9 Å². The quantitative estimate of drug-likeness (QED) is 0.691. The van der Waals surface area contributed by atoms with E-state index >= 15 is 0 Å². The Balaban J connectivity index is 1.78. The van der Waals surface area contributed by atoms with E-state index in [1.807, 2.05) is 24.3 Å². The largest absolute Gasteiger partial charge is 0.488 e. The standard InChI is InChI=1S/C20H24N2O/c1-15(2)21-12-11-17-13-22-18-9-6-10-19(20(17)18)23-14-16-7-4-3-5-8-16/h3-10,13,15,21-22H,11-12,14H2,1-2H3/p+1. The Bertz CT molecular complexity index is 747. The van der Waals surface area contributed by atoms with Crippen LogP contribution in [0.15, 0.2) is 54.7 Å². The highest BCUT2D eigenvalue weighted by Crippen LogP contribution is 2.29. The second-order valence-electron chi connectivity index (χ2n) is 6.29. The number of aromatic amines is 1. The molecule has 3 N–H and O–H groups in total. The van der Waals surface area contributed by atoms with Crippen LogP contribution in [0.25, 0.3) is 10.9 Å². The lowest BCUT2D eigenvalue weighted by atomic mass is 10.1. The summed E-state index contributed by atoms with van der Waals surface area (Å²) in [6.07, 6.45) is 3.16. The maximum absolute atomic E-state index is 6.10. The molecule has 1 aromatic heterocycles. The van der Waals surface area contributed by atoms with Crippen molar-refractivity contribution in [3.8, 4) is 5.75 Å². The van der Waals surface area contributed by atoms with Crippen molar-refractivity contribution in [3.05, 3.63) is 65.9 Å². The number of hydrogen-bond acceptors (Lipinski definition) is 1. The summed E-state index contributed by atoms with van der Waals surface area (Å²) in [5.74, 6) is 0.965. The third kappa shape index (κ3) is 3.93. The van der Waals surface area contributed by atoms with Crippen LogP contribution in [0.4, 0.5) is 0 Å². The Morgan fingerprint density at radius 2 is 1.87 bits per heavy atom. The summed E-state index contributed by atoms with van der Waals surface area (Å²) in [4.78, 5) is 3.37. The summed E-state index contributed by atoms with van der Waals surface area (Å²) >= 11 is 0. The van der Waals surface area contributed by atoms with E-state index in [2.05, 4.69) is 54.6 Å². The van der Waals surface area contributed by atoms with Gasteiger partial charge in [0.25, 0.3) is 0 Å². The molecule has 0 aliphatic rings. The van der Waals surface area contributed by atoms with Gasteiger partial charge in [0.1, 0.15) is 12.4 Å². The zero-order valence-electron chi connectivity index (χ0n) is 13.9. The van der Waals surface area contributed by atoms with Gasteiger partial charge in [0.05, 0.1) is 12.6 Å². The van der Waals surface area contributed by atoms with Crippen LogP contribution in [0.5, 0.6) is 5.75 Å². The monoisotopic (exact) mass is 309 g/mol. The lowest BCUT2D eigenvalue weighted by Gasteiger charge is -2.09. The number of rotatable bonds is 7. The average Bonchev–Trinajstić information content (AvgIpc) is 2.97. The minimum absolute atomic E-state index is 0.600. The van der Waals surface area contributed by atoms with Crippen LogP contribution in [0.2, 0.25) is 0 Å². The molecule has 3 nitrogen and oxygen atoms in total. The lowest BCUT2D eigenvalue weighted by Crippen LogP contribution is -2.88. The van der Waals surface area contributed by atoms with E-state index in [0.717, 1.165) is 24.2 Å². The maximum Gasteiger partial charge on any atom is 0.129 e. The van der Waals surface area contributed by atoms with Gasteiger partial charge in [-0.15, -0.1) is 0 Å². The van der Waals surface area contributed by atoms with Crippen molar-refractivity contribution in [2.75, 3.05) is 6.54 Å². The molecule has 0 saturated heterocycles.